The molecule has 5 aromatic rings. The van der Waals surface area contributed by atoms with Crippen LogP contribution in [0.5, 0.6) is 0 Å². The van der Waals surface area contributed by atoms with E-state index in [0.29, 0.717) is 5.56 Å². The third kappa shape index (κ3) is 3.19. The van der Waals surface area contributed by atoms with Crippen molar-refractivity contribution in [1.29, 1.82) is 5.26 Å². The quantitative estimate of drug-likeness (QED) is 0.283. The van der Waals surface area contributed by atoms with Crippen LogP contribution in [0.15, 0.2) is 122 Å². The second-order valence-electron chi connectivity index (χ2n) is 8.08. The molecule has 1 aromatic heterocycles. The van der Waals surface area contributed by atoms with Crippen LogP contribution in [0, 0.1) is 11.3 Å². The summed E-state index contributed by atoms with van der Waals surface area (Å²) in [6.07, 6.45) is 3.41. The van der Waals surface area contributed by atoms with Gasteiger partial charge in [0.15, 0.2) is 0 Å². The Balaban J connectivity index is 1.61. The highest BCUT2D eigenvalue weighted by Gasteiger charge is 2.31. The summed E-state index contributed by atoms with van der Waals surface area (Å²) in [6.45, 7) is 0. The van der Waals surface area contributed by atoms with Crippen molar-refractivity contribution >= 4 is 34.1 Å². The van der Waals surface area contributed by atoms with Crippen molar-refractivity contribution in [1.82, 2.24) is 4.98 Å². The molecule has 0 spiro atoms. The van der Waals surface area contributed by atoms with Crippen LogP contribution in [0.4, 0.5) is 34.1 Å². The first-order valence-corrected chi connectivity index (χ1v) is 11.1. The molecular weight excluding hydrogens is 416 g/mol. The molecule has 4 aromatic carbocycles. The molecule has 1 aliphatic rings. The molecule has 1 aliphatic heterocycles. The Bertz CT molecular complexity index is 1490. The maximum atomic E-state index is 9.42. The molecule has 160 valence electrons. The maximum absolute atomic E-state index is 9.42. The van der Waals surface area contributed by atoms with Crippen LogP contribution in [0.1, 0.15) is 5.56 Å². The van der Waals surface area contributed by atoms with Gasteiger partial charge in [-0.1, -0.05) is 60.7 Å². The number of hydrogen-bond donors (Lipinski definition) is 0. The molecule has 6 rings (SSSR count). The lowest BCUT2D eigenvalue weighted by molar-refractivity contribution is 1.17. The van der Waals surface area contributed by atoms with Crippen LogP contribution in [0.25, 0.3) is 11.1 Å². The normalized spacial score (nSPS) is 12.0. The molecule has 0 N–H and O–H groups in total. The van der Waals surface area contributed by atoms with E-state index in [-0.39, 0.29) is 0 Å². The number of rotatable bonds is 3. The monoisotopic (exact) mass is 436 g/mol. The summed E-state index contributed by atoms with van der Waals surface area (Å²) < 4.78 is 0. The molecule has 4 heteroatoms. The molecule has 0 bridgehead atoms. The third-order valence-electron chi connectivity index (χ3n) is 6.06. The van der Waals surface area contributed by atoms with Gasteiger partial charge in [0.05, 0.1) is 34.0 Å². The molecule has 0 atom stereocenters. The van der Waals surface area contributed by atoms with E-state index in [1.807, 2.05) is 24.4 Å². The zero-order valence-electron chi connectivity index (χ0n) is 18.3. The highest BCUT2D eigenvalue weighted by molar-refractivity contribution is 6.03. The topological polar surface area (TPSA) is 43.2 Å². The van der Waals surface area contributed by atoms with Gasteiger partial charge in [-0.3, -0.25) is 4.98 Å². The van der Waals surface area contributed by atoms with Gasteiger partial charge >= 0.3 is 0 Å². The van der Waals surface area contributed by atoms with Gasteiger partial charge in [-0.2, -0.15) is 5.26 Å². The number of benzene rings is 4. The minimum absolute atomic E-state index is 0.544. The fourth-order valence-corrected chi connectivity index (χ4v) is 4.62. The van der Waals surface area contributed by atoms with Crippen LogP contribution in [0.2, 0.25) is 0 Å². The minimum Gasteiger partial charge on any atom is -0.306 e. The second kappa shape index (κ2) is 8.23. The molecule has 0 aliphatic carbocycles. The molecule has 0 saturated carbocycles. The highest BCUT2D eigenvalue weighted by atomic mass is 15.3. The highest BCUT2D eigenvalue weighted by Crippen LogP contribution is 2.55. The van der Waals surface area contributed by atoms with Gasteiger partial charge in [-0.05, 0) is 48.5 Å². The predicted molar refractivity (Wildman–Crippen MR) is 137 cm³/mol. The summed E-state index contributed by atoms with van der Waals surface area (Å²) in [7, 11) is 0. The number of pyridine rings is 1. The Morgan fingerprint density at radius 1 is 0.559 bits per heavy atom. The summed E-state index contributed by atoms with van der Waals surface area (Å²) in [4.78, 5) is 8.92. The van der Waals surface area contributed by atoms with Crippen LogP contribution in [-0.2, 0) is 0 Å². The fourth-order valence-electron chi connectivity index (χ4n) is 4.62. The van der Waals surface area contributed by atoms with Crippen LogP contribution >= 0.6 is 0 Å². The lowest BCUT2D eigenvalue weighted by Gasteiger charge is -2.40. The first kappa shape index (κ1) is 19.8. The smallest absolute Gasteiger partial charge is 0.101 e. The molecule has 0 amide bonds. The summed E-state index contributed by atoms with van der Waals surface area (Å²) in [5.74, 6) is 0. The maximum Gasteiger partial charge on any atom is 0.101 e. The first-order chi connectivity index (χ1) is 16.8. The zero-order chi connectivity index (χ0) is 22.9. The predicted octanol–water partition coefficient (Wildman–Crippen LogP) is 7.87. The number of fused-ring (bicyclic) bond motifs is 2. The molecule has 2 heterocycles. The number of nitriles is 1. The summed E-state index contributed by atoms with van der Waals surface area (Å²) in [6, 6.07) is 39.8. The Kier molecular flexibility index (Phi) is 4.79. The van der Waals surface area contributed by atoms with Gasteiger partial charge in [0.25, 0.3) is 0 Å². The largest absolute Gasteiger partial charge is 0.306 e. The van der Waals surface area contributed by atoms with Crippen molar-refractivity contribution in [3.8, 4) is 17.2 Å². The average Bonchev–Trinajstić information content (AvgIpc) is 2.92. The van der Waals surface area contributed by atoms with Crippen molar-refractivity contribution < 1.29 is 0 Å². The summed E-state index contributed by atoms with van der Waals surface area (Å²) in [5.41, 5.74) is 9.00. The SMILES string of the molecule is N#Cc1cncc(-c2ccccc2N2c3ccccc3N(c3ccccc3)c3ccccc32)c1. The number of para-hydroxylation sites is 6. The molecule has 0 fully saturated rings. The van der Waals surface area contributed by atoms with Crippen molar-refractivity contribution in [2.45, 2.75) is 0 Å². The lowest BCUT2D eigenvalue weighted by atomic mass is 9.99. The molecule has 0 unspecified atom stereocenters. The van der Waals surface area contributed by atoms with Gasteiger partial charge in [0.1, 0.15) is 6.07 Å². The number of hydrogen-bond acceptors (Lipinski definition) is 4. The Morgan fingerprint density at radius 3 is 1.71 bits per heavy atom. The summed E-state index contributed by atoms with van der Waals surface area (Å²) in [5, 5.41) is 9.42. The molecular formula is C30H20N4. The van der Waals surface area contributed by atoms with Crippen molar-refractivity contribution in [2.24, 2.45) is 0 Å². The van der Waals surface area contributed by atoms with Crippen LogP contribution < -0.4 is 9.80 Å². The van der Waals surface area contributed by atoms with Gasteiger partial charge < -0.3 is 9.80 Å². The van der Waals surface area contributed by atoms with E-state index >= 15 is 0 Å². The van der Waals surface area contributed by atoms with Gasteiger partial charge in [0.2, 0.25) is 0 Å². The Morgan fingerprint density at radius 2 is 1.09 bits per heavy atom. The van der Waals surface area contributed by atoms with E-state index in [1.54, 1.807) is 6.20 Å². The zero-order valence-corrected chi connectivity index (χ0v) is 18.3. The van der Waals surface area contributed by atoms with E-state index in [0.717, 1.165) is 45.3 Å². The van der Waals surface area contributed by atoms with Crippen LogP contribution in [0.3, 0.4) is 0 Å². The van der Waals surface area contributed by atoms with Gasteiger partial charge in [-0.15, -0.1) is 0 Å². The molecule has 0 radical (unpaired) electrons. The molecule has 0 saturated heterocycles. The molecule has 34 heavy (non-hydrogen) atoms. The molecule has 4 nitrogen and oxygen atoms in total. The first-order valence-electron chi connectivity index (χ1n) is 11.1. The van der Waals surface area contributed by atoms with E-state index in [4.69, 9.17) is 0 Å². The number of nitrogens with zero attached hydrogens (tertiary/aromatic N) is 4. The van der Waals surface area contributed by atoms with Crippen molar-refractivity contribution in [2.75, 3.05) is 9.80 Å². The Hall–Kier alpha value is -4.88. The average molecular weight is 437 g/mol. The third-order valence-corrected chi connectivity index (χ3v) is 6.06. The fraction of sp³-hybridized carbons (Fsp3) is 0. The lowest BCUT2D eigenvalue weighted by Crippen LogP contribution is -2.24. The van der Waals surface area contributed by atoms with Gasteiger partial charge in [0, 0.05) is 29.2 Å². The number of anilines is 6. The van der Waals surface area contributed by atoms with Crippen molar-refractivity contribution in [3.05, 3.63) is 127 Å². The van der Waals surface area contributed by atoms with E-state index < -0.39 is 0 Å². The van der Waals surface area contributed by atoms with Crippen molar-refractivity contribution in [3.63, 3.8) is 0 Å². The minimum atomic E-state index is 0.544. The van der Waals surface area contributed by atoms with E-state index in [9.17, 15) is 5.26 Å². The van der Waals surface area contributed by atoms with E-state index in [1.165, 1.54) is 0 Å². The van der Waals surface area contributed by atoms with E-state index in [2.05, 4.69) is 112 Å². The number of aromatic nitrogens is 1. The van der Waals surface area contributed by atoms with Crippen LogP contribution in [-0.4, -0.2) is 4.98 Å². The second-order valence-corrected chi connectivity index (χ2v) is 8.08. The van der Waals surface area contributed by atoms with Gasteiger partial charge in [-0.25, -0.2) is 0 Å². The summed E-state index contributed by atoms with van der Waals surface area (Å²) >= 11 is 0. The Labute approximate surface area is 198 Å². The standard InChI is InChI=1S/C30H20N4/c31-19-22-18-23(21-32-20-22)25-12-4-5-13-26(25)34-29-16-8-6-14-27(29)33(24-10-2-1-3-11-24)28-15-7-9-17-30(28)34/h1-18,20-21H.